The van der Waals surface area contributed by atoms with Crippen molar-refractivity contribution in [3.05, 3.63) is 22.4 Å². The Morgan fingerprint density at radius 2 is 2.13 bits per heavy atom. The van der Waals surface area contributed by atoms with Crippen molar-refractivity contribution in [3.63, 3.8) is 0 Å². The first-order chi connectivity index (χ1) is 7.19. The van der Waals surface area contributed by atoms with Gasteiger partial charge in [0.1, 0.15) is 0 Å². The summed E-state index contributed by atoms with van der Waals surface area (Å²) in [4.78, 5) is 0. The van der Waals surface area contributed by atoms with E-state index < -0.39 is 0 Å². The number of hydrogen-bond donors (Lipinski definition) is 1. The smallest absolute Gasteiger partial charge is 0.0987 e. The molecule has 0 saturated heterocycles. The summed E-state index contributed by atoms with van der Waals surface area (Å²) in [5.74, 6) is 0. The monoisotopic (exact) mass is 227 g/mol. The molecule has 0 aliphatic rings. The van der Waals surface area contributed by atoms with Crippen LogP contribution in [0.2, 0.25) is 0 Å². The van der Waals surface area contributed by atoms with Crippen LogP contribution >= 0.6 is 11.3 Å². The summed E-state index contributed by atoms with van der Waals surface area (Å²) in [5, 5.41) is 4.20. The van der Waals surface area contributed by atoms with Crippen molar-refractivity contribution < 1.29 is 4.74 Å². The van der Waals surface area contributed by atoms with Crippen LogP contribution in [0.5, 0.6) is 0 Å². The molecule has 0 aliphatic heterocycles. The molecule has 2 N–H and O–H groups in total. The highest BCUT2D eigenvalue weighted by atomic mass is 32.1. The molecule has 1 aromatic heterocycles. The third-order valence-electron chi connectivity index (χ3n) is 2.69. The Balaban J connectivity index is 2.70. The van der Waals surface area contributed by atoms with Gasteiger partial charge in [0, 0.05) is 6.04 Å². The second-order valence-electron chi connectivity index (χ2n) is 3.90. The Morgan fingerprint density at radius 3 is 2.60 bits per heavy atom. The van der Waals surface area contributed by atoms with E-state index in [1.165, 1.54) is 5.56 Å². The highest BCUT2D eigenvalue weighted by Crippen LogP contribution is 2.26. The SMILES string of the molecule is CCC(C)OC(c1ccsc1)C(N)CC. The van der Waals surface area contributed by atoms with Crippen LogP contribution in [0.1, 0.15) is 45.3 Å². The lowest BCUT2D eigenvalue weighted by Gasteiger charge is -2.26. The van der Waals surface area contributed by atoms with E-state index in [0.29, 0.717) is 0 Å². The summed E-state index contributed by atoms with van der Waals surface area (Å²) in [6.07, 6.45) is 2.29. The molecule has 0 fully saturated rings. The molecule has 1 heterocycles. The summed E-state index contributed by atoms with van der Waals surface area (Å²) < 4.78 is 5.98. The Hall–Kier alpha value is -0.380. The predicted molar refractivity (Wildman–Crippen MR) is 66.2 cm³/mol. The molecular weight excluding hydrogens is 206 g/mol. The average Bonchev–Trinajstić information content (AvgIpc) is 2.77. The molecule has 86 valence electrons. The van der Waals surface area contributed by atoms with Crippen molar-refractivity contribution in [1.29, 1.82) is 0 Å². The molecular formula is C12H21NOS. The van der Waals surface area contributed by atoms with Gasteiger partial charge in [0.25, 0.3) is 0 Å². The Kier molecular flexibility index (Phi) is 5.29. The van der Waals surface area contributed by atoms with Gasteiger partial charge in [-0.25, -0.2) is 0 Å². The third-order valence-corrected chi connectivity index (χ3v) is 3.39. The van der Waals surface area contributed by atoms with E-state index in [0.717, 1.165) is 12.8 Å². The number of nitrogens with two attached hydrogens (primary N) is 1. The van der Waals surface area contributed by atoms with Gasteiger partial charge < -0.3 is 10.5 Å². The van der Waals surface area contributed by atoms with Crippen LogP contribution in [0.3, 0.4) is 0 Å². The molecule has 1 aromatic rings. The van der Waals surface area contributed by atoms with Crippen LogP contribution in [0.15, 0.2) is 16.8 Å². The van der Waals surface area contributed by atoms with Gasteiger partial charge in [-0.3, -0.25) is 0 Å². The Bertz CT molecular complexity index is 261. The fourth-order valence-electron chi connectivity index (χ4n) is 1.42. The van der Waals surface area contributed by atoms with E-state index in [2.05, 4.69) is 37.6 Å². The van der Waals surface area contributed by atoms with E-state index in [-0.39, 0.29) is 18.2 Å². The van der Waals surface area contributed by atoms with Crippen LogP contribution < -0.4 is 5.73 Å². The number of ether oxygens (including phenoxy) is 1. The van der Waals surface area contributed by atoms with Gasteiger partial charge in [0.2, 0.25) is 0 Å². The van der Waals surface area contributed by atoms with Crippen molar-refractivity contribution in [2.45, 2.75) is 51.9 Å². The fraction of sp³-hybridized carbons (Fsp3) is 0.667. The molecule has 3 atom stereocenters. The summed E-state index contributed by atoms with van der Waals surface area (Å²) in [7, 11) is 0. The predicted octanol–water partition coefficient (Wildman–Crippen LogP) is 3.34. The van der Waals surface area contributed by atoms with Gasteiger partial charge in [0.05, 0.1) is 12.2 Å². The first-order valence-corrected chi connectivity index (χ1v) is 6.56. The maximum atomic E-state index is 6.09. The van der Waals surface area contributed by atoms with Gasteiger partial charge >= 0.3 is 0 Å². The number of rotatable bonds is 6. The van der Waals surface area contributed by atoms with E-state index in [4.69, 9.17) is 10.5 Å². The molecule has 0 aromatic carbocycles. The minimum Gasteiger partial charge on any atom is -0.369 e. The minimum absolute atomic E-state index is 0.0520. The summed E-state index contributed by atoms with van der Waals surface area (Å²) in [6.45, 7) is 6.33. The standard InChI is InChI=1S/C12H21NOS/c1-4-9(3)14-12(11(13)5-2)10-6-7-15-8-10/h6-9,11-12H,4-5,13H2,1-3H3. The molecule has 15 heavy (non-hydrogen) atoms. The fourth-order valence-corrected chi connectivity index (χ4v) is 2.11. The van der Waals surface area contributed by atoms with Crippen LogP contribution in [0.4, 0.5) is 0 Å². The zero-order chi connectivity index (χ0) is 11.3. The van der Waals surface area contributed by atoms with Crippen molar-refractivity contribution in [2.75, 3.05) is 0 Å². The highest BCUT2D eigenvalue weighted by Gasteiger charge is 2.21. The van der Waals surface area contributed by atoms with E-state index in [1.54, 1.807) is 11.3 Å². The van der Waals surface area contributed by atoms with Crippen LogP contribution in [0, 0.1) is 0 Å². The Labute approximate surface area is 96.4 Å². The van der Waals surface area contributed by atoms with Crippen molar-refractivity contribution in [2.24, 2.45) is 5.73 Å². The maximum absolute atomic E-state index is 6.09. The zero-order valence-electron chi connectivity index (χ0n) is 9.77. The molecule has 0 aliphatic carbocycles. The lowest BCUT2D eigenvalue weighted by molar-refractivity contribution is -0.0195. The highest BCUT2D eigenvalue weighted by molar-refractivity contribution is 7.07. The second kappa shape index (κ2) is 6.26. The van der Waals surface area contributed by atoms with Crippen LogP contribution in [0.25, 0.3) is 0 Å². The largest absolute Gasteiger partial charge is 0.369 e. The topological polar surface area (TPSA) is 35.2 Å². The van der Waals surface area contributed by atoms with Crippen molar-refractivity contribution >= 4 is 11.3 Å². The van der Waals surface area contributed by atoms with Gasteiger partial charge in [0.15, 0.2) is 0 Å². The molecule has 2 nitrogen and oxygen atoms in total. The average molecular weight is 227 g/mol. The maximum Gasteiger partial charge on any atom is 0.0987 e. The van der Waals surface area contributed by atoms with Gasteiger partial charge in [-0.05, 0) is 42.2 Å². The third kappa shape index (κ3) is 3.59. The molecule has 3 heteroatoms. The second-order valence-corrected chi connectivity index (χ2v) is 4.68. The van der Waals surface area contributed by atoms with Crippen LogP contribution in [-0.4, -0.2) is 12.1 Å². The van der Waals surface area contributed by atoms with E-state index in [9.17, 15) is 0 Å². The molecule has 0 bridgehead atoms. The quantitative estimate of drug-likeness (QED) is 0.809. The summed E-state index contributed by atoms with van der Waals surface area (Å²) >= 11 is 1.69. The minimum atomic E-state index is 0.0520. The number of thiophene rings is 1. The zero-order valence-corrected chi connectivity index (χ0v) is 10.6. The van der Waals surface area contributed by atoms with Gasteiger partial charge in [-0.2, -0.15) is 11.3 Å². The summed E-state index contributed by atoms with van der Waals surface area (Å²) in [5.41, 5.74) is 7.31. The molecule has 3 unspecified atom stereocenters. The molecule has 0 radical (unpaired) electrons. The Morgan fingerprint density at radius 1 is 1.40 bits per heavy atom. The first kappa shape index (κ1) is 12.7. The lowest BCUT2D eigenvalue weighted by atomic mass is 10.0. The van der Waals surface area contributed by atoms with E-state index >= 15 is 0 Å². The normalized spacial score (nSPS) is 17.3. The first-order valence-electron chi connectivity index (χ1n) is 5.62. The lowest BCUT2D eigenvalue weighted by Crippen LogP contribution is -2.31. The molecule has 0 saturated carbocycles. The van der Waals surface area contributed by atoms with E-state index in [1.807, 2.05) is 0 Å². The molecule has 0 spiro atoms. The molecule has 0 amide bonds. The van der Waals surface area contributed by atoms with Crippen molar-refractivity contribution in [1.82, 2.24) is 0 Å². The van der Waals surface area contributed by atoms with Crippen molar-refractivity contribution in [3.8, 4) is 0 Å². The number of hydrogen-bond acceptors (Lipinski definition) is 3. The molecule has 1 rings (SSSR count). The van der Waals surface area contributed by atoms with Gasteiger partial charge in [-0.1, -0.05) is 13.8 Å². The summed E-state index contributed by atoms with van der Waals surface area (Å²) in [6, 6.07) is 2.20. The van der Waals surface area contributed by atoms with Gasteiger partial charge in [-0.15, -0.1) is 0 Å². The van der Waals surface area contributed by atoms with Crippen LogP contribution in [-0.2, 0) is 4.74 Å².